The molecule has 6 nitrogen and oxygen atoms in total. The Morgan fingerprint density at radius 2 is 2.09 bits per heavy atom. The van der Waals surface area contributed by atoms with E-state index in [1.807, 2.05) is 19.9 Å². The molecule has 22 heavy (non-hydrogen) atoms. The summed E-state index contributed by atoms with van der Waals surface area (Å²) >= 11 is 0. The number of nitrogens with one attached hydrogen (secondary N) is 2. The predicted molar refractivity (Wildman–Crippen MR) is 81.1 cm³/mol. The van der Waals surface area contributed by atoms with E-state index in [2.05, 4.69) is 10.6 Å². The van der Waals surface area contributed by atoms with Gasteiger partial charge in [-0.25, -0.2) is 9.59 Å². The van der Waals surface area contributed by atoms with E-state index in [0.29, 0.717) is 23.5 Å². The molecule has 2 N–H and O–H groups in total. The van der Waals surface area contributed by atoms with Crippen molar-refractivity contribution < 1.29 is 18.7 Å². The van der Waals surface area contributed by atoms with Gasteiger partial charge in [0.05, 0.1) is 12.2 Å². The molecule has 2 rings (SSSR count). The zero-order valence-corrected chi connectivity index (χ0v) is 13.2. The van der Waals surface area contributed by atoms with E-state index in [1.54, 1.807) is 13.0 Å². The Balaban J connectivity index is 2.44. The molecule has 1 unspecified atom stereocenters. The molecular weight excluding hydrogens is 284 g/mol. The number of rotatable bonds is 6. The quantitative estimate of drug-likeness (QED) is 0.792. The highest BCUT2D eigenvalue weighted by Crippen LogP contribution is 2.30. The molecule has 1 atom stereocenters. The fourth-order valence-corrected chi connectivity index (χ4v) is 2.47. The zero-order chi connectivity index (χ0) is 16.1. The monoisotopic (exact) mass is 306 g/mol. The maximum absolute atomic E-state index is 12.3. The highest BCUT2D eigenvalue weighted by molar-refractivity contribution is 5.94. The van der Waals surface area contributed by atoms with Crippen LogP contribution in [0.25, 0.3) is 0 Å². The minimum Gasteiger partial charge on any atom is -0.464 e. The standard InChI is InChI=1S/C16H22N2O4/c1-4-7-11-13(15(19)21-6-3)14(18-16(20)17-11)12-9-8-10(5-2)22-12/h8-9,14H,4-7H2,1-3H3,(H2,17,18,20). The molecule has 0 bridgehead atoms. The number of esters is 1. The van der Waals surface area contributed by atoms with Gasteiger partial charge in [0.25, 0.3) is 0 Å². The van der Waals surface area contributed by atoms with E-state index in [1.165, 1.54) is 0 Å². The SMILES string of the molecule is CCCC1=C(C(=O)OCC)C(c2ccc(CC)o2)NC(=O)N1. The molecule has 1 aliphatic rings. The van der Waals surface area contributed by atoms with Crippen LogP contribution < -0.4 is 10.6 Å². The van der Waals surface area contributed by atoms with Crippen LogP contribution in [0.5, 0.6) is 0 Å². The molecular formula is C16H22N2O4. The van der Waals surface area contributed by atoms with E-state index in [4.69, 9.17) is 9.15 Å². The van der Waals surface area contributed by atoms with Gasteiger partial charge in [-0.3, -0.25) is 0 Å². The summed E-state index contributed by atoms with van der Waals surface area (Å²) in [6.07, 6.45) is 2.15. The Hall–Kier alpha value is -2.24. The first-order valence-electron chi connectivity index (χ1n) is 7.66. The zero-order valence-electron chi connectivity index (χ0n) is 13.2. The van der Waals surface area contributed by atoms with Gasteiger partial charge < -0.3 is 19.8 Å². The lowest BCUT2D eigenvalue weighted by atomic mass is 9.98. The van der Waals surface area contributed by atoms with Crippen LogP contribution in [0.1, 0.15) is 51.2 Å². The number of hydrogen-bond acceptors (Lipinski definition) is 4. The Morgan fingerprint density at radius 1 is 1.32 bits per heavy atom. The highest BCUT2D eigenvalue weighted by atomic mass is 16.5. The van der Waals surface area contributed by atoms with E-state index < -0.39 is 12.0 Å². The van der Waals surface area contributed by atoms with Crippen molar-refractivity contribution in [1.29, 1.82) is 0 Å². The average molecular weight is 306 g/mol. The van der Waals surface area contributed by atoms with Crippen LogP contribution in [-0.2, 0) is 16.0 Å². The Bertz CT molecular complexity index is 589. The second-order valence-electron chi connectivity index (χ2n) is 5.05. The fraction of sp³-hybridized carbons (Fsp3) is 0.500. The number of amides is 2. The second-order valence-corrected chi connectivity index (χ2v) is 5.05. The van der Waals surface area contributed by atoms with Gasteiger partial charge in [-0.1, -0.05) is 20.3 Å². The molecule has 0 saturated heterocycles. The summed E-state index contributed by atoms with van der Waals surface area (Å²) in [6.45, 7) is 6.00. The molecule has 0 radical (unpaired) electrons. The van der Waals surface area contributed by atoms with Crippen molar-refractivity contribution in [2.75, 3.05) is 6.61 Å². The van der Waals surface area contributed by atoms with E-state index >= 15 is 0 Å². The molecule has 1 aliphatic heterocycles. The molecule has 0 spiro atoms. The molecule has 1 aromatic rings. The molecule has 120 valence electrons. The number of furan rings is 1. The third kappa shape index (κ3) is 3.32. The van der Waals surface area contributed by atoms with Gasteiger partial charge in [0, 0.05) is 12.1 Å². The lowest BCUT2D eigenvalue weighted by molar-refractivity contribution is -0.139. The number of allylic oxidation sites excluding steroid dienone is 1. The van der Waals surface area contributed by atoms with E-state index in [-0.39, 0.29) is 12.6 Å². The van der Waals surface area contributed by atoms with Crippen molar-refractivity contribution in [2.24, 2.45) is 0 Å². The number of ether oxygens (including phenoxy) is 1. The van der Waals surface area contributed by atoms with Crippen LogP contribution >= 0.6 is 0 Å². The minimum atomic E-state index is -0.616. The van der Waals surface area contributed by atoms with Crippen molar-refractivity contribution in [2.45, 2.75) is 46.1 Å². The largest absolute Gasteiger partial charge is 0.464 e. The molecule has 0 aromatic carbocycles. The van der Waals surface area contributed by atoms with Crippen LogP contribution in [0.2, 0.25) is 0 Å². The number of carbonyl (C=O) groups excluding carboxylic acids is 2. The predicted octanol–water partition coefficient (Wildman–Crippen LogP) is 2.81. The summed E-state index contributed by atoms with van der Waals surface area (Å²) in [6, 6.07) is 2.69. The van der Waals surface area contributed by atoms with Gasteiger partial charge in [-0.2, -0.15) is 0 Å². The van der Waals surface area contributed by atoms with E-state index in [0.717, 1.165) is 18.6 Å². The number of hydrogen-bond donors (Lipinski definition) is 2. The lowest BCUT2D eigenvalue weighted by Crippen LogP contribution is -2.45. The summed E-state index contributed by atoms with van der Waals surface area (Å²) in [5, 5.41) is 5.46. The maximum Gasteiger partial charge on any atom is 0.338 e. The minimum absolute atomic E-state index is 0.279. The van der Waals surface area contributed by atoms with Gasteiger partial charge in [0.1, 0.15) is 17.6 Å². The molecule has 6 heteroatoms. The first kappa shape index (κ1) is 16.1. The Kier molecular flexibility index (Phi) is 5.25. The Morgan fingerprint density at radius 3 is 2.68 bits per heavy atom. The van der Waals surface area contributed by atoms with Crippen LogP contribution in [-0.4, -0.2) is 18.6 Å². The van der Waals surface area contributed by atoms with E-state index in [9.17, 15) is 9.59 Å². The first-order valence-corrected chi connectivity index (χ1v) is 7.66. The molecule has 0 saturated carbocycles. The molecule has 0 aliphatic carbocycles. The van der Waals surface area contributed by atoms with Crippen molar-refractivity contribution >= 4 is 12.0 Å². The van der Waals surface area contributed by atoms with Crippen molar-refractivity contribution in [1.82, 2.24) is 10.6 Å². The fourth-order valence-electron chi connectivity index (χ4n) is 2.47. The Labute approximate surface area is 129 Å². The molecule has 1 aromatic heterocycles. The summed E-state index contributed by atoms with van der Waals surface area (Å²) in [5.74, 6) is 0.921. The van der Waals surface area contributed by atoms with Gasteiger partial charge in [-0.15, -0.1) is 0 Å². The highest BCUT2D eigenvalue weighted by Gasteiger charge is 2.35. The second kappa shape index (κ2) is 7.15. The van der Waals surface area contributed by atoms with Crippen LogP contribution in [0.15, 0.2) is 27.8 Å². The number of carbonyl (C=O) groups is 2. The third-order valence-electron chi connectivity index (χ3n) is 3.46. The van der Waals surface area contributed by atoms with Gasteiger partial charge >= 0.3 is 12.0 Å². The lowest BCUT2D eigenvalue weighted by Gasteiger charge is -2.27. The molecule has 0 fully saturated rings. The van der Waals surface area contributed by atoms with Gasteiger partial charge in [0.2, 0.25) is 0 Å². The average Bonchev–Trinajstić information content (AvgIpc) is 2.96. The van der Waals surface area contributed by atoms with Crippen molar-refractivity contribution in [3.63, 3.8) is 0 Å². The molecule has 2 heterocycles. The summed E-state index contributed by atoms with van der Waals surface area (Å²) in [5.41, 5.74) is 1.02. The van der Waals surface area contributed by atoms with Crippen LogP contribution in [0, 0.1) is 0 Å². The van der Waals surface area contributed by atoms with Crippen molar-refractivity contribution in [3.8, 4) is 0 Å². The normalized spacial score (nSPS) is 18.0. The topological polar surface area (TPSA) is 80.6 Å². The number of aryl methyl sites for hydroxylation is 1. The summed E-state index contributed by atoms with van der Waals surface area (Å²) in [7, 11) is 0. The van der Waals surface area contributed by atoms with Crippen LogP contribution in [0.3, 0.4) is 0 Å². The molecule has 2 amide bonds. The summed E-state index contributed by atoms with van der Waals surface area (Å²) < 4.78 is 10.9. The van der Waals surface area contributed by atoms with Crippen molar-refractivity contribution in [3.05, 3.63) is 34.9 Å². The van der Waals surface area contributed by atoms with Gasteiger partial charge in [0.15, 0.2) is 0 Å². The number of urea groups is 1. The van der Waals surface area contributed by atoms with Crippen LogP contribution in [0.4, 0.5) is 4.79 Å². The smallest absolute Gasteiger partial charge is 0.338 e. The third-order valence-corrected chi connectivity index (χ3v) is 3.46. The first-order chi connectivity index (χ1) is 10.6. The maximum atomic E-state index is 12.3. The van der Waals surface area contributed by atoms with Gasteiger partial charge in [-0.05, 0) is 25.5 Å². The summed E-state index contributed by atoms with van der Waals surface area (Å²) in [4.78, 5) is 24.2.